The predicted octanol–water partition coefficient (Wildman–Crippen LogP) is 3.67. The largest absolute Gasteiger partial charge is 0.318 e. The van der Waals surface area contributed by atoms with E-state index in [0.717, 1.165) is 23.8 Å². The first-order valence-electron chi connectivity index (χ1n) is 7.04. The molecule has 23 heavy (non-hydrogen) atoms. The van der Waals surface area contributed by atoms with Gasteiger partial charge in [-0.15, -0.1) is 0 Å². The number of carbonyl (C=O) groups excluding carboxylic acids is 2. The summed E-state index contributed by atoms with van der Waals surface area (Å²) in [6.07, 6.45) is 0. The van der Waals surface area contributed by atoms with Crippen molar-refractivity contribution in [1.82, 2.24) is 0 Å². The first kappa shape index (κ1) is 16.6. The monoisotopic (exact) mass is 318 g/mol. The van der Waals surface area contributed by atoms with Crippen LogP contribution in [-0.4, -0.2) is 11.8 Å². The van der Waals surface area contributed by atoms with E-state index in [1.54, 1.807) is 12.1 Å². The van der Waals surface area contributed by atoms with Crippen molar-refractivity contribution in [2.75, 3.05) is 10.6 Å². The standard InChI is InChI=1S/C17H16F2N2O2/c1-10(2)11-6-8-12(9-7-11)20-16(22)17(23)21-15-13(18)4-3-5-14(15)19/h3-10H,1-2H3,(H,20,22)(H,21,23). The molecule has 0 radical (unpaired) electrons. The molecule has 0 aliphatic rings. The zero-order valence-corrected chi connectivity index (χ0v) is 12.7. The minimum Gasteiger partial charge on any atom is -0.318 e. The molecular weight excluding hydrogens is 302 g/mol. The van der Waals surface area contributed by atoms with Crippen LogP contribution in [0.4, 0.5) is 20.2 Å². The van der Waals surface area contributed by atoms with E-state index in [9.17, 15) is 18.4 Å². The quantitative estimate of drug-likeness (QED) is 0.849. The Labute approximate surface area is 132 Å². The second-order valence-corrected chi connectivity index (χ2v) is 5.28. The molecule has 0 atom stereocenters. The van der Waals surface area contributed by atoms with Crippen LogP contribution >= 0.6 is 0 Å². The molecule has 0 aliphatic heterocycles. The summed E-state index contributed by atoms with van der Waals surface area (Å²) >= 11 is 0. The van der Waals surface area contributed by atoms with Gasteiger partial charge in [-0.3, -0.25) is 9.59 Å². The second-order valence-electron chi connectivity index (χ2n) is 5.28. The highest BCUT2D eigenvalue weighted by Crippen LogP contribution is 2.19. The number of hydrogen-bond acceptors (Lipinski definition) is 2. The van der Waals surface area contributed by atoms with Crippen molar-refractivity contribution in [2.24, 2.45) is 0 Å². The predicted molar refractivity (Wildman–Crippen MR) is 84.1 cm³/mol. The van der Waals surface area contributed by atoms with Crippen LogP contribution in [0, 0.1) is 11.6 Å². The van der Waals surface area contributed by atoms with Crippen molar-refractivity contribution >= 4 is 23.2 Å². The molecule has 6 heteroatoms. The van der Waals surface area contributed by atoms with Gasteiger partial charge in [-0.25, -0.2) is 8.78 Å². The number of anilines is 2. The van der Waals surface area contributed by atoms with E-state index < -0.39 is 29.1 Å². The molecule has 2 N–H and O–H groups in total. The molecule has 2 aromatic carbocycles. The summed E-state index contributed by atoms with van der Waals surface area (Å²) in [4.78, 5) is 23.5. The Bertz CT molecular complexity index is 708. The normalized spacial score (nSPS) is 10.5. The van der Waals surface area contributed by atoms with Crippen molar-refractivity contribution in [2.45, 2.75) is 19.8 Å². The van der Waals surface area contributed by atoms with Crippen LogP contribution in [0.2, 0.25) is 0 Å². The molecule has 120 valence electrons. The molecule has 0 fully saturated rings. The van der Waals surface area contributed by atoms with Gasteiger partial charge in [-0.1, -0.05) is 32.0 Å². The summed E-state index contributed by atoms with van der Waals surface area (Å²) in [6, 6.07) is 10.1. The first-order chi connectivity index (χ1) is 10.9. The lowest BCUT2D eigenvalue weighted by Crippen LogP contribution is -2.29. The maximum absolute atomic E-state index is 13.4. The maximum Gasteiger partial charge on any atom is 0.314 e. The van der Waals surface area contributed by atoms with Gasteiger partial charge in [0.1, 0.15) is 17.3 Å². The lowest BCUT2D eigenvalue weighted by atomic mass is 10.0. The van der Waals surface area contributed by atoms with Gasteiger partial charge in [0, 0.05) is 5.69 Å². The van der Waals surface area contributed by atoms with Crippen LogP contribution < -0.4 is 10.6 Å². The zero-order chi connectivity index (χ0) is 17.0. The number of hydrogen-bond donors (Lipinski definition) is 2. The molecule has 0 bridgehead atoms. The summed E-state index contributed by atoms with van der Waals surface area (Å²) in [6.45, 7) is 4.06. The van der Waals surface area contributed by atoms with E-state index >= 15 is 0 Å². The Balaban J connectivity index is 2.04. The fourth-order valence-corrected chi connectivity index (χ4v) is 1.93. The molecular formula is C17H16F2N2O2. The fourth-order valence-electron chi connectivity index (χ4n) is 1.93. The number of para-hydroxylation sites is 1. The number of halogens is 2. The zero-order valence-electron chi connectivity index (χ0n) is 12.7. The molecule has 0 spiro atoms. The summed E-state index contributed by atoms with van der Waals surface area (Å²) in [5, 5.41) is 4.30. The van der Waals surface area contributed by atoms with E-state index in [1.165, 1.54) is 0 Å². The third-order valence-electron chi connectivity index (χ3n) is 3.24. The van der Waals surface area contributed by atoms with Gasteiger partial charge in [0.05, 0.1) is 0 Å². The van der Waals surface area contributed by atoms with Crippen LogP contribution in [0.15, 0.2) is 42.5 Å². The number of benzene rings is 2. The molecule has 0 saturated carbocycles. The smallest absolute Gasteiger partial charge is 0.314 e. The maximum atomic E-state index is 13.4. The van der Waals surface area contributed by atoms with Crippen LogP contribution in [-0.2, 0) is 9.59 Å². The Kier molecular flexibility index (Phi) is 5.05. The molecule has 0 heterocycles. The van der Waals surface area contributed by atoms with Gasteiger partial charge in [0.15, 0.2) is 0 Å². The number of nitrogens with one attached hydrogen (secondary N) is 2. The Hall–Kier alpha value is -2.76. The molecule has 2 amide bonds. The van der Waals surface area contributed by atoms with Crippen molar-refractivity contribution < 1.29 is 18.4 Å². The highest BCUT2D eigenvalue weighted by molar-refractivity contribution is 6.43. The number of amides is 2. The molecule has 0 aromatic heterocycles. The van der Waals surface area contributed by atoms with Gasteiger partial charge in [0.25, 0.3) is 0 Å². The lowest BCUT2D eigenvalue weighted by molar-refractivity contribution is -0.133. The average Bonchev–Trinajstić information content (AvgIpc) is 2.51. The van der Waals surface area contributed by atoms with Crippen LogP contribution in [0.25, 0.3) is 0 Å². The molecule has 0 saturated heterocycles. The molecule has 4 nitrogen and oxygen atoms in total. The highest BCUT2D eigenvalue weighted by Gasteiger charge is 2.18. The molecule has 2 rings (SSSR count). The van der Waals surface area contributed by atoms with Crippen molar-refractivity contribution in [3.8, 4) is 0 Å². The van der Waals surface area contributed by atoms with E-state index in [1.807, 2.05) is 31.3 Å². The highest BCUT2D eigenvalue weighted by atomic mass is 19.1. The van der Waals surface area contributed by atoms with E-state index in [0.29, 0.717) is 11.6 Å². The van der Waals surface area contributed by atoms with Crippen LogP contribution in [0.5, 0.6) is 0 Å². The Morgan fingerprint density at radius 2 is 1.39 bits per heavy atom. The van der Waals surface area contributed by atoms with Crippen LogP contribution in [0.1, 0.15) is 25.3 Å². The number of rotatable bonds is 3. The van der Waals surface area contributed by atoms with Crippen molar-refractivity contribution in [3.63, 3.8) is 0 Å². The Morgan fingerprint density at radius 3 is 1.91 bits per heavy atom. The molecule has 0 aliphatic carbocycles. The third kappa shape index (κ3) is 4.12. The molecule has 0 unspecified atom stereocenters. The summed E-state index contributed by atoms with van der Waals surface area (Å²) < 4.78 is 26.9. The molecule has 2 aromatic rings. The van der Waals surface area contributed by atoms with E-state index in [-0.39, 0.29) is 0 Å². The SMILES string of the molecule is CC(C)c1ccc(NC(=O)C(=O)Nc2c(F)cccc2F)cc1. The minimum absolute atomic E-state index is 0.340. The van der Waals surface area contributed by atoms with Gasteiger partial charge in [-0.05, 0) is 35.7 Å². The summed E-state index contributed by atoms with van der Waals surface area (Å²) in [7, 11) is 0. The van der Waals surface area contributed by atoms with Crippen LogP contribution in [0.3, 0.4) is 0 Å². The van der Waals surface area contributed by atoms with E-state index in [4.69, 9.17) is 0 Å². The minimum atomic E-state index is -1.15. The summed E-state index contributed by atoms with van der Waals surface area (Å²) in [5.74, 6) is -3.72. The first-order valence-corrected chi connectivity index (χ1v) is 7.04. The topological polar surface area (TPSA) is 58.2 Å². The van der Waals surface area contributed by atoms with Crippen molar-refractivity contribution in [3.05, 3.63) is 59.7 Å². The van der Waals surface area contributed by atoms with Gasteiger partial charge in [0.2, 0.25) is 0 Å². The Morgan fingerprint density at radius 1 is 0.870 bits per heavy atom. The van der Waals surface area contributed by atoms with Gasteiger partial charge < -0.3 is 10.6 Å². The van der Waals surface area contributed by atoms with Gasteiger partial charge >= 0.3 is 11.8 Å². The second kappa shape index (κ2) is 7.00. The lowest BCUT2D eigenvalue weighted by Gasteiger charge is -2.09. The van der Waals surface area contributed by atoms with E-state index in [2.05, 4.69) is 5.32 Å². The third-order valence-corrected chi connectivity index (χ3v) is 3.24. The summed E-state index contributed by atoms with van der Waals surface area (Å²) in [5.41, 5.74) is 0.854. The van der Waals surface area contributed by atoms with Gasteiger partial charge in [-0.2, -0.15) is 0 Å². The van der Waals surface area contributed by atoms with Crippen molar-refractivity contribution in [1.29, 1.82) is 0 Å². The number of carbonyl (C=O) groups is 2. The average molecular weight is 318 g/mol. The fraction of sp³-hybridized carbons (Fsp3) is 0.176.